The van der Waals surface area contributed by atoms with Gasteiger partial charge in [-0.25, -0.2) is 14.8 Å². The second-order valence-corrected chi connectivity index (χ2v) is 10.0. The summed E-state index contributed by atoms with van der Waals surface area (Å²) in [7, 11) is 3.75. The van der Waals surface area contributed by atoms with Crippen molar-refractivity contribution < 1.29 is 9.53 Å². The molecule has 0 aliphatic heterocycles. The largest absolute Gasteiger partial charge is 0.446 e. The van der Waals surface area contributed by atoms with E-state index in [4.69, 9.17) is 4.74 Å². The maximum atomic E-state index is 12.7. The number of rotatable bonds is 5. The molecular formula is C25H25N7O2S. The smallest absolute Gasteiger partial charge is 0.410 e. The predicted octanol–water partition coefficient (Wildman–Crippen LogP) is 4.78. The van der Waals surface area contributed by atoms with Crippen LogP contribution in [-0.4, -0.2) is 48.9 Å². The first-order chi connectivity index (χ1) is 17.0. The van der Waals surface area contributed by atoms with Gasteiger partial charge in [0.15, 0.2) is 0 Å². The Morgan fingerprint density at radius 2 is 2.26 bits per heavy atom. The number of aryl methyl sites for hydroxylation is 2. The number of H-pyrrole nitrogens is 1. The van der Waals surface area contributed by atoms with Gasteiger partial charge >= 0.3 is 6.09 Å². The summed E-state index contributed by atoms with van der Waals surface area (Å²) in [5.41, 5.74) is 4.25. The van der Waals surface area contributed by atoms with Crippen molar-refractivity contribution in [3.8, 4) is 0 Å². The maximum Gasteiger partial charge on any atom is 0.410 e. The van der Waals surface area contributed by atoms with Crippen molar-refractivity contribution in [2.45, 2.75) is 31.9 Å². The number of ether oxygens (including phenoxy) is 1. The van der Waals surface area contributed by atoms with Crippen LogP contribution in [0.1, 0.15) is 22.6 Å². The molecule has 1 atom stereocenters. The van der Waals surface area contributed by atoms with Gasteiger partial charge in [-0.1, -0.05) is 0 Å². The molecule has 35 heavy (non-hydrogen) atoms. The Hall–Kier alpha value is -3.92. The van der Waals surface area contributed by atoms with Gasteiger partial charge in [0.25, 0.3) is 0 Å². The Bertz CT molecular complexity index is 1540. The monoisotopic (exact) mass is 487 g/mol. The first kappa shape index (κ1) is 21.6. The minimum absolute atomic E-state index is 0.146. The highest BCUT2D eigenvalue weighted by Crippen LogP contribution is 2.39. The number of nitrogens with zero attached hydrogens (tertiary/aromatic N) is 5. The van der Waals surface area contributed by atoms with Crippen molar-refractivity contribution >= 4 is 50.1 Å². The van der Waals surface area contributed by atoms with E-state index in [-0.39, 0.29) is 12.2 Å². The molecule has 1 amide bonds. The molecule has 2 N–H and O–H groups in total. The average Bonchev–Trinajstić information content (AvgIpc) is 3.57. The number of amides is 1. The molecule has 1 aliphatic carbocycles. The number of anilines is 2. The number of aromatic nitrogens is 5. The van der Waals surface area contributed by atoms with Crippen LogP contribution in [0.15, 0.2) is 49.1 Å². The molecule has 0 radical (unpaired) electrons. The van der Waals surface area contributed by atoms with Gasteiger partial charge in [-0.3, -0.25) is 5.10 Å². The van der Waals surface area contributed by atoms with Gasteiger partial charge in [0.1, 0.15) is 23.1 Å². The second kappa shape index (κ2) is 8.70. The maximum absolute atomic E-state index is 12.7. The lowest BCUT2D eigenvalue weighted by atomic mass is 9.94. The van der Waals surface area contributed by atoms with Crippen LogP contribution in [0.3, 0.4) is 0 Å². The molecule has 5 aromatic rings. The van der Waals surface area contributed by atoms with Crippen molar-refractivity contribution in [3.05, 3.63) is 65.2 Å². The van der Waals surface area contributed by atoms with Gasteiger partial charge < -0.3 is 19.5 Å². The van der Waals surface area contributed by atoms with Crippen molar-refractivity contribution in [1.82, 2.24) is 29.6 Å². The molecule has 0 saturated heterocycles. The number of thiophene rings is 1. The third kappa shape index (κ3) is 4.10. The number of aromatic amines is 1. The summed E-state index contributed by atoms with van der Waals surface area (Å²) in [6, 6.07) is 10.0. The number of carbonyl (C=O) groups excluding carboxylic acids is 1. The molecule has 4 heterocycles. The molecule has 0 fully saturated rings. The predicted molar refractivity (Wildman–Crippen MR) is 136 cm³/mol. The summed E-state index contributed by atoms with van der Waals surface area (Å²) in [4.78, 5) is 25.6. The van der Waals surface area contributed by atoms with E-state index >= 15 is 0 Å². The summed E-state index contributed by atoms with van der Waals surface area (Å²) in [6.07, 6.45) is 7.22. The molecule has 1 aromatic carbocycles. The van der Waals surface area contributed by atoms with Crippen LogP contribution < -0.4 is 5.32 Å². The van der Waals surface area contributed by atoms with Gasteiger partial charge in [-0.05, 0) is 48.7 Å². The van der Waals surface area contributed by atoms with Crippen LogP contribution in [0, 0.1) is 0 Å². The molecule has 0 bridgehead atoms. The molecule has 6 rings (SSSR count). The minimum Gasteiger partial charge on any atom is -0.446 e. The van der Waals surface area contributed by atoms with E-state index in [2.05, 4.69) is 25.5 Å². The van der Waals surface area contributed by atoms with Gasteiger partial charge in [-0.15, -0.1) is 11.3 Å². The summed E-state index contributed by atoms with van der Waals surface area (Å²) < 4.78 is 7.89. The summed E-state index contributed by atoms with van der Waals surface area (Å²) in [6.45, 7) is 0.512. The quantitative estimate of drug-likeness (QED) is 0.370. The lowest BCUT2D eigenvalue weighted by Gasteiger charge is -2.25. The number of benzene rings is 1. The van der Waals surface area contributed by atoms with Crippen LogP contribution >= 0.6 is 11.3 Å². The average molecular weight is 488 g/mol. The van der Waals surface area contributed by atoms with Crippen molar-refractivity contribution in [3.63, 3.8) is 0 Å². The number of carbonyl (C=O) groups is 1. The molecule has 178 valence electrons. The number of hydrogen-bond donors (Lipinski definition) is 2. The second-order valence-electron chi connectivity index (χ2n) is 8.92. The van der Waals surface area contributed by atoms with Gasteiger partial charge in [0.2, 0.25) is 0 Å². The summed E-state index contributed by atoms with van der Waals surface area (Å²) >= 11 is 1.66. The van der Waals surface area contributed by atoms with Gasteiger partial charge in [-0.2, -0.15) is 5.10 Å². The minimum atomic E-state index is -0.294. The highest BCUT2D eigenvalue weighted by atomic mass is 32.1. The standard InChI is InChI=1S/C25H25N7O2S/c1-31-9-3-4-17(31)13-32(2)25(33)34-18-6-7-19-21(11-18)35-24-22(19)23(26-14-27-24)29-16-5-8-20-15(10-16)12-28-30-20/h3-5,8-10,12,14,18H,6-7,11,13H2,1-2H3,(H,28,30)(H,26,27,29). The Labute approximate surface area is 205 Å². The van der Waals surface area contributed by atoms with Crippen molar-refractivity contribution in [2.24, 2.45) is 7.05 Å². The molecule has 4 aromatic heterocycles. The van der Waals surface area contributed by atoms with E-state index in [1.165, 1.54) is 10.4 Å². The van der Waals surface area contributed by atoms with E-state index < -0.39 is 0 Å². The number of fused-ring (bicyclic) bond motifs is 4. The zero-order valence-corrected chi connectivity index (χ0v) is 20.3. The SMILES string of the molecule is CN(Cc1cccn1C)C(=O)OC1CCc2c(sc3ncnc(Nc4ccc5[nH]ncc5c4)c23)C1. The van der Waals surface area contributed by atoms with E-state index in [0.717, 1.165) is 51.2 Å². The van der Waals surface area contributed by atoms with E-state index in [1.807, 2.05) is 48.1 Å². The Kier molecular flexibility index (Phi) is 5.37. The van der Waals surface area contributed by atoms with Crippen LogP contribution in [0.25, 0.3) is 21.1 Å². The third-order valence-electron chi connectivity index (χ3n) is 6.53. The Morgan fingerprint density at radius 1 is 1.34 bits per heavy atom. The van der Waals surface area contributed by atoms with Crippen LogP contribution in [0.5, 0.6) is 0 Å². The first-order valence-electron chi connectivity index (χ1n) is 11.5. The molecule has 10 heteroatoms. The van der Waals surface area contributed by atoms with E-state index in [9.17, 15) is 4.79 Å². The molecule has 1 aliphatic rings. The highest BCUT2D eigenvalue weighted by Gasteiger charge is 2.28. The normalized spacial score (nSPS) is 15.3. The van der Waals surface area contributed by atoms with E-state index in [1.54, 1.807) is 35.8 Å². The number of hydrogen-bond acceptors (Lipinski definition) is 7. The van der Waals surface area contributed by atoms with Crippen LogP contribution in [0.4, 0.5) is 16.3 Å². The molecule has 9 nitrogen and oxygen atoms in total. The molecular weight excluding hydrogens is 462 g/mol. The zero-order chi connectivity index (χ0) is 23.9. The Balaban J connectivity index is 1.19. The Morgan fingerprint density at radius 3 is 3.11 bits per heavy atom. The molecule has 0 saturated carbocycles. The fraction of sp³-hybridized carbons (Fsp3) is 0.280. The number of nitrogens with one attached hydrogen (secondary N) is 2. The topological polar surface area (TPSA) is 101 Å². The zero-order valence-electron chi connectivity index (χ0n) is 19.5. The van der Waals surface area contributed by atoms with E-state index in [0.29, 0.717) is 13.0 Å². The van der Waals surface area contributed by atoms with Gasteiger partial charge in [0.05, 0.1) is 23.6 Å². The summed E-state index contributed by atoms with van der Waals surface area (Å²) in [5, 5.41) is 12.6. The van der Waals surface area contributed by atoms with Crippen LogP contribution in [0.2, 0.25) is 0 Å². The lowest BCUT2D eigenvalue weighted by molar-refractivity contribution is 0.0612. The highest BCUT2D eigenvalue weighted by molar-refractivity contribution is 7.19. The third-order valence-corrected chi connectivity index (χ3v) is 7.70. The molecule has 0 spiro atoms. The van der Waals surface area contributed by atoms with Crippen molar-refractivity contribution in [2.75, 3.05) is 12.4 Å². The fourth-order valence-corrected chi connectivity index (χ4v) is 5.89. The molecule has 1 unspecified atom stereocenters. The van der Waals surface area contributed by atoms with Crippen molar-refractivity contribution in [1.29, 1.82) is 0 Å². The summed E-state index contributed by atoms with van der Waals surface area (Å²) in [5.74, 6) is 0.799. The van der Waals surface area contributed by atoms with Gasteiger partial charge in [0, 0.05) is 48.4 Å². The van der Waals surface area contributed by atoms with Crippen LogP contribution in [-0.2, 0) is 31.2 Å². The fourth-order valence-electron chi connectivity index (χ4n) is 4.63. The lowest BCUT2D eigenvalue weighted by Crippen LogP contribution is -2.33. The first-order valence-corrected chi connectivity index (χ1v) is 12.3.